The number of carbonyl (C=O) groups is 1. The minimum atomic E-state index is -2.91. The van der Waals surface area contributed by atoms with Crippen LogP contribution in [0, 0.1) is 5.41 Å². The van der Waals surface area contributed by atoms with Gasteiger partial charge in [-0.1, -0.05) is 112 Å². The van der Waals surface area contributed by atoms with Gasteiger partial charge in [0.15, 0.2) is 0 Å². The summed E-state index contributed by atoms with van der Waals surface area (Å²) in [4.78, 5) is 12.4. The largest absolute Gasteiger partial charge is 0.465 e. The first kappa shape index (κ1) is 31.8. The highest BCUT2D eigenvalue weighted by Gasteiger charge is 2.52. The number of ether oxygens (including phenoxy) is 2. The van der Waals surface area contributed by atoms with Crippen LogP contribution >= 0.6 is 0 Å². The van der Waals surface area contributed by atoms with Crippen LogP contribution in [0.2, 0.25) is 5.04 Å². The van der Waals surface area contributed by atoms with Gasteiger partial charge in [0.1, 0.15) is 6.10 Å². The molecule has 0 aliphatic rings. The number of esters is 1. The van der Waals surface area contributed by atoms with Crippen molar-refractivity contribution >= 4 is 24.7 Å². The fourth-order valence-corrected chi connectivity index (χ4v) is 9.70. The molecule has 0 fully saturated rings. The second kappa shape index (κ2) is 14.2. The number of hydrogen-bond donors (Lipinski definition) is 1. The maximum Gasteiger partial charge on any atom is 0.311 e. The van der Waals surface area contributed by atoms with Crippen molar-refractivity contribution in [3.05, 3.63) is 96.6 Å². The maximum absolute atomic E-state index is 12.4. The van der Waals surface area contributed by atoms with Crippen LogP contribution in [0.1, 0.15) is 59.9 Å². The molecule has 0 aliphatic carbocycles. The van der Waals surface area contributed by atoms with Gasteiger partial charge in [-0.3, -0.25) is 4.79 Å². The minimum Gasteiger partial charge on any atom is -0.465 e. The van der Waals surface area contributed by atoms with Gasteiger partial charge in [0, 0.05) is 0 Å². The number of aliphatic hydroxyl groups is 1. The Kier molecular flexibility index (Phi) is 11.3. The molecular weight excluding hydrogens is 516 g/mol. The molecule has 0 radical (unpaired) electrons. The summed E-state index contributed by atoms with van der Waals surface area (Å²) in [5, 5.41) is 12.7. The molecule has 0 saturated carbocycles. The van der Waals surface area contributed by atoms with Crippen molar-refractivity contribution in [2.45, 2.75) is 78.2 Å². The summed E-state index contributed by atoms with van der Waals surface area (Å²) in [5.41, 5.74) is 0.473. The Morgan fingerprint density at radius 3 is 1.73 bits per heavy atom. The Morgan fingerprint density at radius 2 is 1.27 bits per heavy atom. The topological polar surface area (TPSA) is 65.0 Å². The van der Waals surface area contributed by atoms with Gasteiger partial charge in [-0.05, 0) is 54.6 Å². The molecule has 0 bridgehead atoms. The van der Waals surface area contributed by atoms with Crippen molar-refractivity contribution in [3.8, 4) is 0 Å². The van der Waals surface area contributed by atoms with E-state index in [0.29, 0.717) is 19.4 Å². The number of carbonyl (C=O) groups excluding carboxylic acids is 1. The zero-order valence-electron chi connectivity index (χ0n) is 24.9. The van der Waals surface area contributed by atoms with Crippen molar-refractivity contribution in [3.63, 3.8) is 0 Å². The first-order chi connectivity index (χ1) is 19.0. The predicted octanol–water partition coefficient (Wildman–Crippen LogP) is 5.88. The van der Waals surface area contributed by atoms with Crippen LogP contribution < -0.4 is 10.4 Å². The molecule has 2 atom stereocenters. The Labute approximate surface area is 241 Å². The van der Waals surface area contributed by atoms with Gasteiger partial charge in [-0.2, -0.15) is 0 Å². The van der Waals surface area contributed by atoms with Gasteiger partial charge in [-0.15, -0.1) is 0 Å². The summed E-state index contributed by atoms with van der Waals surface area (Å²) in [6, 6.07) is 30.9. The van der Waals surface area contributed by atoms with E-state index in [1.165, 1.54) is 0 Å². The van der Waals surface area contributed by atoms with E-state index < -0.39 is 25.9 Å². The van der Waals surface area contributed by atoms with E-state index in [1.54, 1.807) is 0 Å². The van der Waals surface area contributed by atoms with E-state index in [2.05, 4.69) is 69.3 Å². The summed E-state index contributed by atoms with van der Waals surface area (Å²) < 4.78 is 19.3. The fraction of sp³-hybridized carbons (Fsp3) is 0.441. The molecule has 6 heteroatoms. The van der Waals surface area contributed by atoms with Crippen molar-refractivity contribution in [2.24, 2.45) is 5.41 Å². The lowest BCUT2D eigenvalue weighted by Gasteiger charge is -2.46. The van der Waals surface area contributed by atoms with Gasteiger partial charge in [-0.25, -0.2) is 0 Å². The number of benzene rings is 3. The van der Waals surface area contributed by atoms with E-state index in [4.69, 9.17) is 13.9 Å². The van der Waals surface area contributed by atoms with Crippen LogP contribution in [0.25, 0.3) is 0 Å². The third-order valence-corrected chi connectivity index (χ3v) is 12.2. The van der Waals surface area contributed by atoms with Crippen molar-refractivity contribution in [2.75, 3.05) is 13.2 Å². The van der Waals surface area contributed by atoms with E-state index in [9.17, 15) is 9.90 Å². The molecule has 40 heavy (non-hydrogen) atoms. The fourth-order valence-electron chi connectivity index (χ4n) is 4.96. The normalized spacial score (nSPS) is 14.0. The van der Waals surface area contributed by atoms with E-state index >= 15 is 0 Å². The molecule has 3 aromatic carbocycles. The van der Waals surface area contributed by atoms with Gasteiger partial charge in [0.2, 0.25) is 0 Å². The second-order valence-electron chi connectivity index (χ2n) is 12.4. The third kappa shape index (κ3) is 8.13. The molecular formula is C34H46O5Si. The van der Waals surface area contributed by atoms with E-state index in [1.807, 2.05) is 63.2 Å². The molecule has 3 aromatic rings. The van der Waals surface area contributed by atoms with Crippen LogP contribution in [-0.2, 0) is 25.3 Å². The average Bonchev–Trinajstić information content (AvgIpc) is 2.94. The smallest absolute Gasteiger partial charge is 0.311 e. The van der Waals surface area contributed by atoms with Crippen LogP contribution in [0.15, 0.2) is 91.0 Å². The second-order valence-corrected chi connectivity index (χ2v) is 16.6. The van der Waals surface area contributed by atoms with Crippen LogP contribution in [0.3, 0.4) is 0 Å². The zero-order chi connectivity index (χ0) is 29.2. The number of hydrogen-bond acceptors (Lipinski definition) is 5. The molecule has 0 spiro atoms. The summed E-state index contributed by atoms with van der Waals surface area (Å²) in [7, 11) is -2.91. The Balaban J connectivity index is 1.98. The SMILES string of the molecule is CC(C)(C)C(=O)OCCC[C@H](O[Si](c1ccccc1)(c1ccccc1)C(C)(C)C)[C@H](CO)OCc1ccccc1. The summed E-state index contributed by atoms with van der Waals surface area (Å²) in [6.07, 6.45) is 0.186. The highest BCUT2D eigenvalue weighted by Crippen LogP contribution is 2.38. The molecule has 0 aromatic heterocycles. The molecule has 0 amide bonds. The first-order valence-electron chi connectivity index (χ1n) is 14.2. The van der Waals surface area contributed by atoms with Crippen LogP contribution in [-0.4, -0.2) is 44.8 Å². The quantitative estimate of drug-likeness (QED) is 0.160. The van der Waals surface area contributed by atoms with Gasteiger partial charge >= 0.3 is 5.97 Å². The van der Waals surface area contributed by atoms with Crippen LogP contribution in [0.4, 0.5) is 0 Å². The number of aliphatic hydroxyl groups excluding tert-OH is 1. The lowest BCUT2D eigenvalue weighted by atomic mass is 9.97. The summed E-state index contributed by atoms with van der Waals surface area (Å²) in [5.74, 6) is -0.226. The minimum absolute atomic E-state index is 0.183. The Bertz CT molecular complexity index is 1110. The summed E-state index contributed by atoms with van der Waals surface area (Å²) in [6.45, 7) is 12.7. The molecule has 5 nitrogen and oxygen atoms in total. The maximum atomic E-state index is 12.4. The molecule has 1 N–H and O–H groups in total. The van der Waals surface area contributed by atoms with E-state index in [0.717, 1.165) is 15.9 Å². The first-order valence-corrected chi connectivity index (χ1v) is 16.1. The highest BCUT2D eigenvalue weighted by atomic mass is 28.4. The van der Waals surface area contributed by atoms with Crippen molar-refractivity contribution in [1.29, 1.82) is 0 Å². The predicted molar refractivity (Wildman–Crippen MR) is 164 cm³/mol. The van der Waals surface area contributed by atoms with E-state index in [-0.39, 0.29) is 24.2 Å². The summed E-state index contributed by atoms with van der Waals surface area (Å²) >= 11 is 0. The number of rotatable bonds is 13. The van der Waals surface area contributed by atoms with Gasteiger partial charge in [0.05, 0.1) is 31.3 Å². The molecule has 0 saturated heterocycles. The lowest BCUT2D eigenvalue weighted by molar-refractivity contribution is -0.153. The average molecular weight is 563 g/mol. The molecule has 0 unspecified atom stereocenters. The van der Waals surface area contributed by atoms with Crippen molar-refractivity contribution < 1.29 is 23.8 Å². The standard InChI is InChI=1S/C34H46O5Si/c1-33(2,3)32(36)37-24-16-23-30(31(25-35)38-26-27-17-10-7-11-18-27)39-40(34(4,5)6,28-19-12-8-13-20-28)29-21-14-9-15-22-29/h7-15,17-22,30-31,35H,16,23-26H2,1-6H3/t30-,31-/m0/s1. The monoisotopic (exact) mass is 562 g/mol. The molecule has 216 valence electrons. The molecule has 3 rings (SSSR count). The lowest BCUT2D eigenvalue weighted by Crippen LogP contribution is -2.68. The Hall–Kier alpha value is -2.77. The molecule has 0 heterocycles. The zero-order valence-corrected chi connectivity index (χ0v) is 25.9. The third-order valence-electron chi connectivity index (χ3n) is 7.12. The van der Waals surface area contributed by atoms with Crippen LogP contribution in [0.5, 0.6) is 0 Å². The molecule has 0 aliphatic heterocycles. The van der Waals surface area contributed by atoms with Crippen molar-refractivity contribution in [1.82, 2.24) is 0 Å². The highest BCUT2D eigenvalue weighted by molar-refractivity contribution is 6.99. The van der Waals surface area contributed by atoms with Gasteiger partial charge in [0.25, 0.3) is 8.32 Å². The Morgan fingerprint density at radius 1 is 0.775 bits per heavy atom. The van der Waals surface area contributed by atoms with Gasteiger partial charge < -0.3 is 19.0 Å².